The van der Waals surface area contributed by atoms with E-state index in [1.165, 1.54) is 18.2 Å². The number of carbonyl (C=O) groups is 2. The first-order valence-electron chi connectivity index (χ1n) is 5.62. The lowest BCUT2D eigenvalue weighted by atomic mass is 10.1. The van der Waals surface area contributed by atoms with Gasteiger partial charge in [-0.3, -0.25) is 4.79 Å². The number of benzene rings is 1. The van der Waals surface area contributed by atoms with E-state index in [1.807, 2.05) is 12.1 Å². The van der Waals surface area contributed by atoms with Gasteiger partial charge in [-0.1, -0.05) is 0 Å². The minimum atomic E-state index is -1.21. The highest BCUT2D eigenvalue weighted by molar-refractivity contribution is 6.03. The molecule has 1 aromatic heterocycles. The molecule has 0 aliphatic heterocycles. The van der Waals surface area contributed by atoms with Crippen molar-refractivity contribution >= 4 is 17.6 Å². The van der Waals surface area contributed by atoms with E-state index in [-0.39, 0.29) is 22.5 Å². The third-order valence-electron chi connectivity index (χ3n) is 2.59. The van der Waals surface area contributed by atoms with E-state index in [0.717, 1.165) is 12.3 Å². The van der Waals surface area contributed by atoms with E-state index in [2.05, 4.69) is 5.32 Å². The molecule has 0 aliphatic rings. The van der Waals surface area contributed by atoms with Crippen molar-refractivity contribution in [2.45, 2.75) is 0 Å². The number of hydrogen-bond donors (Lipinski definition) is 2. The molecule has 0 spiro atoms. The first-order chi connectivity index (χ1) is 10.0. The summed E-state index contributed by atoms with van der Waals surface area (Å²) in [5.41, 5.74) is 0.476. The van der Waals surface area contributed by atoms with Gasteiger partial charge in [0.25, 0.3) is 5.91 Å². The molecule has 7 heteroatoms. The van der Waals surface area contributed by atoms with E-state index in [9.17, 15) is 9.59 Å². The maximum absolute atomic E-state index is 11.9. The Morgan fingerprint density at radius 1 is 1.14 bits per heavy atom. The summed E-state index contributed by atoms with van der Waals surface area (Å²) in [6.45, 7) is 0. The first-order valence-corrected chi connectivity index (χ1v) is 5.62. The van der Waals surface area contributed by atoms with E-state index in [4.69, 9.17) is 20.0 Å². The largest absolute Gasteiger partial charge is 0.478 e. The second-order valence-electron chi connectivity index (χ2n) is 3.94. The van der Waals surface area contributed by atoms with Crippen molar-refractivity contribution < 1.29 is 19.1 Å². The van der Waals surface area contributed by atoms with Gasteiger partial charge < -0.3 is 14.8 Å². The molecule has 102 valence electrons. The van der Waals surface area contributed by atoms with Gasteiger partial charge in [-0.25, -0.2) is 4.79 Å². The van der Waals surface area contributed by atoms with Gasteiger partial charge in [0.05, 0.1) is 16.7 Å². The zero-order valence-electron chi connectivity index (χ0n) is 10.5. The summed E-state index contributed by atoms with van der Waals surface area (Å²) in [7, 11) is 0. The van der Waals surface area contributed by atoms with Gasteiger partial charge in [-0.15, -0.1) is 0 Å². The molecule has 0 saturated carbocycles. The topological polar surface area (TPSA) is 127 Å². The van der Waals surface area contributed by atoms with Gasteiger partial charge in [-0.2, -0.15) is 10.5 Å². The van der Waals surface area contributed by atoms with Crippen molar-refractivity contribution in [2.75, 3.05) is 5.32 Å². The van der Waals surface area contributed by atoms with Crippen LogP contribution in [0.25, 0.3) is 0 Å². The Morgan fingerprint density at radius 3 is 2.43 bits per heavy atom. The third-order valence-corrected chi connectivity index (χ3v) is 2.59. The lowest BCUT2D eigenvalue weighted by molar-refractivity contribution is 0.0696. The second-order valence-corrected chi connectivity index (χ2v) is 3.94. The first kappa shape index (κ1) is 13.8. The molecule has 7 nitrogen and oxygen atoms in total. The SMILES string of the molecule is N#Cc1ccc(NC(=O)c2cc(C(=O)O)co2)cc1C#N. The van der Waals surface area contributed by atoms with Crippen LogP contribution in [0, 0.1) is 22.7 Å². The highest BCUT2D eigenvalue weighted by Crippen LogP contribution is 2.16. The molecule has 2 N–H and O–H groups in total. The van der Waals surface area contributed by atoms with Crippen molar-refractivity contribution in [2.24, 2.45) is 0 Å². The average molecular weight is 281 g/mol. The van der Waals surface area contributed by atoms with Crippen molar-refractivity contribution in [1.82, 2.24) is 0 Å². The molecular weight excluding hydrogens is 274 g/mol. The number of aromatic carboxylic acids is 1. The Bertz CT molecular complexity index is 808. The van der Waals surface area contributed by atoms with Crippen molar-refractivity contribution in [3.05, 3.63) is 53.0 Å². The van der Waals surface area contributed by atoms with Gasteiger partial charge in [0, 0.05) is 11.8 Å². The van der Waals surface area contributed by atoms with Gasteiger partial charge >= 0.3 is 5.97 Å². The molecule has 0 radical (unpaired) electrons. The van der Waals surface area contributed by atoms with E-state index in [1.54, 1.807) is 0 Å². The highest BCUT2D eigenvalue weighted by atomic mass is 16.4. The number of carboxylic acids is 1. The molecule has 21 heavy (non-hydrogen) atoms. The summed E-state index contributed by atoms with van der Waals surface area (Å²) < 4.78 is 4.85. The number of nitriles is 2. The number of rotatable bonds is 3. The van der Waals surface area contributed by atoms with E-state index < -0.39 is 11.9 Å². The molecule has 1 heterocycles. The maximum Gasteiger partial charge on any atom is 0.338 e. The molecule has 0 saturated heterocycles. The van der Waals surface area contributed by atoms with Crippen LogP contribution >= 0.6 is 0 Å². The van der Waals surface area contributed by atoms with Crippen LogP contribution in [0.1, 0.15) is 32.0 Å². The van der Waals surface area contributed by atoms with Crippen molar-refractivity contribution in [3.8, 4) is 12.1 Å². The molecule has 1 aromatic carbocycles. The van der Waals surface area contributed by atoms with Crippen LogP contribution in [0.2, 0.25) is 0 Å². The summed E-state index contributed by atoms with van der Waals surface area (Å²) >= 11 is 0. The fourth-order valence-electron chi connectivity index (χ4n) is 1.57. The predicted molar refractivity (Wildman–Crippen MR) is 69.5 cm³/mol. The summed E-state index contributed by atoms with van der Waals surface area (Å²) in [4.78, 5) is 22.5. The summed E-state index contributed by atoms with van der Waals surface area (Å²) in [5.74, 6) is -2.03. The Hall–Kier alpha value is -3.58. The minimum Gasteiger partial charge on any atom is -0.478 e. The fourth-order valence-corrected chi connectivity index (χ4v) is 1.57. The molecule has 0 unspecified atom stereocenters. The van der Waals surface area contributed by atoms with Crippen LogP contribution in [-0.2, 0) is 0 Å². The van der Waals surface area contributed by atoms with Gasteiger partial charge in [0.1, 0.15) is 18.4 Å². The average Bonchev–Trinajstić information content (AvgIpc) is 2.97. The second kappa shape index (κ2) is 5.59. The van der Waals surface area contributed by atoms with E-state index >= 15 is 0 Å². The summed E-state index contributed by atoms with van der Waals surface area (Å²) in [6.07, 6.45) is 0.955. The van der Waals surface area contributed by atoms with Crippen LogP contribution in [-0.4, -0.2) is 17.0 Å². The third kappa shape index (κ3) is 2.88. The number of furan rings is 1. The zero-order valence-corrected chi connectivity index (χ0v) is 10.5. The molecule has 2 aromatic rings. The number of carbonyl (C=O) groups excluding carboxylic acids is 1. The smallest absolute Gasteiger partial charge is 0.338 e. The van der Waals surface area contributed by atoms with Crippen LogP contribution in [0.15, 0.2) is 34.9 Å². The van der Waals surface area contributed by atoms with Crippen LogP contribution in [0.5, 0.6) is 0 Å². The molecule has 0 atom stereocenters. The summed E-state index contributed by atoms with van der Waals surface area (Å²) in [6, 6.07) is 8.99. The van der Waals surface area contributed by atoms with Gasteiger partial charge in [-0.05, 0) is 18.2 Å². The van der Waals surface area contributed by atoms with E-state index in [0.29, 0.717) is 5.69 Å². The molecule has 2 rings (SSSR count). The lowest BCUT2D eigenvalue weighted by Crippen LogP contribution is -2.11. The number of amides is 1. The monoisotopic (exact) mass is 281 g/mol. The number of anilines is 1. The summed E-state index contributed by atoms with van der Waals surface area (Å²) in [5, 5.41) is 28.9. The van der Waals surface area contributed by atoms with Crippen LogP contribution in [0.3, 0.4) is 0 Å². The molecule has 1 amide bonds. The predicted octanol–water partition coefficient (Wildman–Crippen LogP) is 1.97. The Labute approximate surface area is 118 Å². The Balaban J connectivity index is 2.22. The van der Waals surface area contributed by atoms with Crippen molar-refractivity contribution in [1.29, 1.82) is 10.5 Å². The van der Waals surface area contributed by atoms with Gasteiger partial charge in [0.15, 0.2) is 5.76 Å². The van der Waals surface area contributed by atoms with Gasteiger partial charge in [0.2, 0.25) is 0 Å². The minimum absolute atomic E-state index is 0.126. The molecule has 0 fully saturated rings. The fraction of sp³-hybridized carbons (Fsp3) is 0. The maximum atomic E-state index is 11.9. The lowest BCUT2D eigenvalue weighted by Gasteiger charge is -2.04. The zero-order chi connectivity index (χ0) is 15.4. The highest BCUT2D eigenvalue weighted by Gasteiger charge is 2.15. The quantitative estimate of drug-likeness (QED) is 0.885. The number of carboxylic acid groups (broad SMARTS) is 1. The Morgan fingerprint density at radius 2 is 1.86 bits per heavy atom. The van der Waals surface area contributed by atoms with Crippen LogP contribution in [0.4, 0.5) is 5.69 Å². The normalized spacial score (nSPS) is 9.43. The van der Waals surface area contributed by atoms with Crippen LogP contribution < -0.4 is 5.32 Å². The number of hydrogen-bond acceptors (Lipinski definition) is 5. The number of nitrogens with zero attached hydrogens (tertiary/aromatic N) is 2. The molecule has 0 bridgehead atoms. The van der Waals surface area contributed by atoms with Crippen molar-refractivity contribution in [3.63, 3.8) is 0 Å². The molecular formula is C14H7N3O4. The number of nitrogens with one attached hydrogen (secondary N) is 1. The Kier molecular flexibility index (Phi) is 3.69. The molecule has 0 aliphatic carbocycles. The standard InChI is InChI=1S/C14H7N3O4/c15-5-8-1-2-11(3-9(8)6-16)17-13(18)12-4-10(7-21-12)14(19)20/h1-4,7H,(H,17,18)(H,19,20).